The maximum atomic E-state index is 11.5. The van der Waals surface area contributed by atoms with Crippen LogP contribution in [-0.2, 0) is 32.1 Å². The van der Waals surface area contributed by atoms with E-state index in [1.807, 2.05) is 180 Å². The average Bonchev–Trinajstić information content (AvgIpc) is 1.63. The van der Waals surface area contributed by atoms with E-state index in [2.05, 4.69) is 108 Å². The number of likely N-dealkylation sites (N-methyl/N-ethyl adjacent to an activating group) is 2. The molecular weight excluding hydrogens is 1630 g/mol. The van der Waals surface area contributed by atoms with Crippen LogP contribution >= 0.6 is 0 Å². The largest absolute Gasteiger partial charge is 0.366 e. The number of benzene rings is 8. The van der Waals surface area contributed by atoms with Crippen molar-refractivity contribution < 1.29 is 24.0 Å². The third kappa shape index (κ3) is 24.0. The molecule has 1 saturated heterocycles. The number of carbonyl (C=O) groups excluding carboxylic acids is 5. The van der Waals surface area contributed by atoms with E-state index in [-0.39, 0.29) is 23.6 Å². The van der Waals surface area contributed by atoms with Gasteiger partial charge in [-0.05, 0) is 327 Å². The molecule has 668 valence electrons. The van der Waals surface area contributed by atoms with Gasteiger partial charge in [-0.3, -0.25) is 24.0 Å². The van der Waals surface area contributed by atoms with Gasteiger partial charge in [-0.15, -0.1) is 0 Å². The van der Waals surface area contributed by atoms with Crippen molar-refractivity contribution in [2.75, 3.05) is 100 Å². The lowest BCUT2D eigenvalue weighted by Gasteiger charge is -2.22. The maximum Gasteiger partial charge on any atom is 0.251 e. The minimum Gasteiger partial charge on any atom is -0.366 e. The molecule has 8 aromatic carbocycles. The van der Waals surface area contributed by atoms with Gasteiger partial charge in [0.1, 0.15) is 0 Å². The maximum absolute atomic E-state index is 11.5. The third-order valence-corrected chi connectivity index (χ3v) is 23.2. The smallest absolute Gasteiger partial charge is 0.251 e. The van der Waals surface area contributed by atoms with E-state index in [4.69, 9.17) is 55.9 Å². The van der Waals surface area contributed by atoms with Crippen LogP contribution in [0.4, 0.5) is 0 Å². The van der Waals surface area contributed by atoms with Crippen LogP contribution in [0.15, 0.2) is 207 Å². The summed E-state index contributed by atoms with van der Waals surface area (Å²) < 4.78 is 0. The van der Waals surface area contributed by atoms with E-state index in [0.29, 0.717) is 64.5 Å². The summed E-state index contributed by atoms with van der Waals surface area (Å²) in [7, 11) is 7.64. The number of piperidine rings is 1. The second kappa shape index (κ2) is 46.0. The Balaban J connectivity index is 0.000000135. The zero-order valence-electron chi connectivity index (χ0n) is 73.7. The summed E-state index contributed by atoms with van der Waals surface area (Å²) >= 11 is 0. The highest BCUT2D eigenvalue weighted by Gasteiger charge is 2.21. The van der Waals surface area contributed by atoms with Crippen molar-refractivity contribution >= 4 is 128 Å². The van der Waals surface area contributed by atoms with Gasteiger partial charge in [0.05, 0.1) is 34.9 Å². The topological polar surface area (TPSA) is 529 Å². The molecule has 3 aliphatic rings. The predicted molar refractivity (Wildman–Crippen MR) is 522 cm³/mol. The molecule has 29 heteroatoms. The zero-order chi connectivity index (χ0) is 92.2. The number of fused-ring (bicyclic) bond motifs is 8. The van der Waals surface area contributed by atoms with Crippen LogP contribution in [0.5, 0.6) is 0 Å². The zero-order valence-corrected chi connectivity index (χ0v) is 73.7. The molecule has 0 saturated carbocycles. The Morgan fingerprint density at radius 2 is 0.692 bits per heavy atom. The summed E-state index contributed by atoms with van der Waals surface area (Å²) in [6.45, 7) is 9.75. The van der Waals surface area contributed by atoms with Crippen LogP contribution < -0.4 is 66.7 Å². The number of nitrogens with zero attached hydrogens (tertiary/aromatic N) is 4. The van der Waals surface area contributed by atoms with Crippen molar-refractivity contribution in [2.24, 2.45) is 40.1 Å². The van der Waals surface area contributed by atoms with Crippen LogP contribution in [0, 0.1) is 34.0 Å². The number of hydrogen-bond donors (Lipinski definition) is 20. The quantitative estimate of drug-likeness (QED) is 0.0337. The highest BCUT2D eigenvalue weighted by atomic mass is 16.2. The molecule has 0 spiro atoms. The molecule has 130 heavy (non-hydrogen) atoms. The van der Waals surface area contributed by atoms with Crippen molar-refractivity contribution in [3.63, 3.8) is 0 Å². The summed E-state index contributed by atoms with van der Waals surface area (Å²) in [6.07, 6.45) is 29.1. The Kier molecular flexibility index (Phi) is 33.3. The van der Waals surface area contributed by atoms with Crippen molar-refractivity contribution in [1.29, 1.82) is 15.8 Å². The molecule has 29 nitrogen and oxygen atoms in total. The van der Waals surface area contributed by atoms with E-state index in [1.165, 1.54) is 62.8 Å². The van der Waals surface area contributed by atoms with Gasteiger partial charge in [-0.25, -0.2) is 0 Å². The summed E-state index contributed by atoms with van der Waals surface area (Å²) in [5.41, 5.74) is 63.5. The number of aromatic nitrogens is 8. The first-order chi connectivity index (χ1) is 63.1. The number of hydrogen-bond acceptors (Lipinski definition) is 16. The van der Waals surface area contributed by atoms with E-state index < -0.39 is 5.91 Å². The number of aromatic amines is 8. The number of nitrogens with two attached hydrogens (primary N) is 7. The Morgan fingerprint density at radius 3 is 1.05 bits per heavy atom. The molecule has 3 aliphatic heterocycles. The lowest BCUT2D eigenvalue weighted by molar-refractivity contribution is 0.0959. The molecule has 16 aromatic rings. The molecule has 0 unspecified atom stereocenters. The van der Waals surface area contributed by atoms with Gasteiger partial charge in [0.15, 0.2) is 0 Å². The van der Waals surface area contributed by atoms with Crippen molar-refractivity contribution in [3.8, 4) is 18.2 Å². The van der Waals surface area contributed by atoms with Gasteiger partial charge in [-0.1, -0.05) is 12.2 Å². The molecule has 0 radical (unpaired) electrons. The molecule has 0 aliphatic carbocycles. The second-order valence-electron chi connectivity index (χ2n) is 32.1. The number of nitriles is 3. The molecule has 27 N–H and O–H groups in total. The molecule has 0 atom stereocenters. The number of primary amides is 4. The number of nitrogens with one attached hydrogen (secondary N) is 13. The first-order valence-corrected chi connectivity index (χ1v) is 43.5. The van der Waals surface area contributed by atoms with Crippen LogP contribution in [-0.4, -0.2) is 174 Å². The second-order valence-corrected chi connectivity index (χ2v) is 32.1. The van der Waals surface area contributed by atoms with E-state index in [1.54, 1.807) is 37.4 Å². The first-order valence-electron chi connectivity index (χ1n) is 43.5. The van der Waals surface area contributed by atoms with Crippen LogP contribution in [0.1, 0.15) is 145 Å². The normalized spacial score (nSPS) is 12.9. The first kappa shape index (κ1) is 94.2. The fourth-order valence-corrected chi connectivity index (χ4v) is 16.2. The highest BCUT2D eigenvalue weighted by Crippen LogP contribution is 2.34. The Morgan fingerprint density at radius 1 is 0.377 bits per heavy atom. The molecule has 5 amide bonds. The molecule has 0 bridgehead atoms. The lowest BCUT2D eigenvalue weighted by atomic mass is 9.90. The molecule has 1 fully saturated rings. The number of rotatable bonds is 20. The van der Waals surface area contributed by atoms with E-state index >= 15 is 0 Å². The predicted octanol–water partition coefficient (Wildman–Crippen LogP) is 12.3. The molecule has 19 rings (SSSR count). The van der Waals surface area contributed by atoms with E-state index in [0.717, 1.165) is 196 Å². The standard InChI is InChI=1S/C14H15N3O.C14H15N3.C14H13N3.C13H17N3O.2C12H15N3O.C11H13N3O.C11H11N3/c15-14(18)10-1-2-13-11(7-10)12(8-17-13)9-3-5-16-6-4-9;2*15-8-10-1-2-14-12(7-10)13(9-17-14)11-3-5-16-6-4-11;1-16(2)6-5-10-8-15-12-4-3-9(13(14)17)7-11(10)12;1-14-5-4-9-7-15-11-3-2-8(12(13)16)6-10(9)11;1-14-12(16)8-2-3-11-10(6-8)9(4-5-13)7-15-11;12-4-3-8-6-14-10-2-1-7(11(13)15)5-9(8)10;12-4-3-9-7-14-11-2-1-8(6-13)5-10(9)11/h1-3,7-8,16-17H,4-6H2,(H2,15,18);1-2,7,9,11,16-17H,3-6H2;1-3,7,9,16-17H,4-6H2;3-4,7-8,15H,5-6H2,1-2H3,(H2,14,17);2-3,6-7,14-15H,4-5H2,1H3,(H2,13,16);2-3,6-7,15H,4-5,13H2,1H3,(H,14,16);1-2,5-6,14H,3-4,12H2,(H2,13,15);1-2,5,7,14H,3-4,12H2. The van der Waals surface area contributed by atoms with E-state index in [9.17, 15) is 24.0 Å². The van der Waals surface area contributed by atoms with Gasteiger partial charge in [0, 0.05) is 202 Å². The van der Waals surface area contributed by atoms with Crippen LogP contribution in [0.3, 0.4) is 0 Å². The number of carbonyl (C=O) groups is 5. The molecule has 8 aromatic heterocycles. The summed E-state index contributed by atoms with van der Waals surface area (Å²) in [6, 6.07) is 51.3. The monoisotopic (exact) mass is 1740 g/mol. The highest BCUT2D eigenvalue weighted by molar-refractivity contribution is 6.03. The SMILES string of the molecule is CN(C)CCc1c[nH]c2ccc(C(N)=O)cc12.CNC(=O)c1ccc2[nH]cc(CCN)c2c1.CNCCc1c[nH]c2ccc(C(N)=O)cc12.N#Cc1ccc2[nH]cc(C3=CCNCC3)c2c1.N#Cc1ccc2[nH]cc(C3CCNCC3)c2c1.N#Cc1ccc2[nH]cc(CCN)c2c1.NC(=O)c1ccc2[nH]cc(C3=CCNCC3)c2c1.NCCc1c[nH]c2ccc(C(N)=O)cc12. The van der Waals surface area contributed by atoms with Gasteiger partial charge < -0.3 is 111 Å². The fourth-order valence-electron chi connectivity index (χ4n) is 16.2. The molecular formula is C101H114N24O5. The minimum atomic E-state index is -0.406. The van der Waals surface area contributed by atoms with Crippen molar-refractivity contribution in [1.82, 2.24) is 71.4 Å². The minimum absolute atomic E-state index is 0.0678. The third-order valence-electron chi connectivity index (χ3n) is 23.2. The number of H-pyrrole nitrogens is 8. The van der Waals surface area contributed by atoms with Crippen LogP contribution in [0.2, 0.25) is 0 Å². The number of amides is 5. The van der Waals surface area contributed by atoms with Gasteiger partial charge in [0.2, 0.25) is 23.6 Å². The summed E-state index contributed by atoms with van der Waals surface area (Å²) in [4.78, 5) is 83.8. The average molecular weight is 1740 g/mol. The van der Waals surface area contributed by atoms with Crippen LogP contribution in [0.25, 0.3) is 98.4 Å². The van der Waals surface area contributed by atoms with Crippen molar-refractivity contribution in [3.05, 3.63) is 296 Å². The Labute approximate surface area is 753 Å². The fraction of sp³-hybridized carbons (Fsp3) is 0.248. The van der Waals surface area contributed by atoms with Gasteiger partial charge >= 0.3 is 0 Å². The lowest BCUT2D eigenvalue weighted by Crippen LogP contribution is -2.26. The summed E-state index contributed by atoms with van der Waals surface area (Å²) in [5.74, 6) is -1.00. The van der Waals surface area contributed by atoms with Crippen molar-refractivity contribution in [2.45, 2.75) is 63.7 Å². The Bertz CT molecular complexity index is 6850. The van der Waals surface area contributed by atoms with Gasteiger partial charge in [-0.2, -0.15) is 15.8 Å². The molecule has 11 heterocycles. The summed E-state index contributed by atoms with van der Waals surface area (Å²) in [5, 5.41) is 51.2. The Hall–Kier alpha value is -14.9. The van der Waals surface area contributed by atoms with Gasteiger partial charge in [0.25, 0.3) is 5.91 Å².